The molecular formula is C14H18ClFO. The number of benzene rings is 1. The molecule has 1 unspecified atom stereocenters. The van der Waals surface area contributed by atoms with Crippen LogP contribution in [0, 0.1) is 17.7 Å². The Morgan fingerprint density at radius 2 is 1.88 bits per heavy atom. The molecule has 17 heavy (non-hydrogen) atoms. The van der Waals surface area contributed by atoms with E-state index in [1.807, 2.05) is 0 Å². The predicted molar refractivity (Wildman–Crippen MR) is 67.5 cm³/mol. The highest BCUT2D eigenvalue weighted by atomic mass is 35.5. The van der Waals surface area contributed by atoms with Gasteiger partial charge in [-0.2, -0.15) is 0 Å². The normalized spacial score (nSPS) is 26.8. The summed E-state index contributed by atoms with van der Waals surface area (Å²) in [6, 6.07) is 4.31. The largest absolute Gasteiger partial charge is 0.388 e. The summed E-state index contributed by atoms with van der Waals surface area (Å²) in [5, 5.41) is 10.6. The van der Waals surface area contributed by atoms with E-state index < -0.39 is 6.10 Å². The second-order valence-corrected chi connectivity index (χ2v) is 5.60. The molecule has 0 amide bonds. The molecular weight excluding hydrogens is 239 g/mol. The van der Waals surface area contributed by atoms with Gasteiger partial charge in [0.15, 0.2) is 0 Å². The van der Waals surface area contributed by atoms with Gasteiger partial charge in [0.05, 0.1) is 6.10 Å². The lowest BCUT2D eigenvalue weighted by Crippen LogP contribution is -2.19. The number of aliphatic hydroxyl groups excluding tert-OH is 1. The third kappa shape index (κ3) is 3.20. The van der Waals surface area contributed by atoms with Gasteiger partial charge in [-0.05, 0) is 48.4 Å². The van der Waals surface area contributed by atoms with Gasteiger partial charge in [0.2, 0.25) is 0 Å². The maximum Gasteiger partial charge on any atom is 0.125 e. The van der Waals surface area contributed by atoms with Crippen molar-refractivity contribution in [3.05, 3.63) is 34.6 Å². The molecule has 0 aliphatic heterocycles. The van der Waals surface area contributed by atoms with E-state index >= 15 is 0 Å². The van der Waals surface area contributed by atoms with E-state index in [1.165, 1.54) is 12.1 Å². The van der Waals surface area contributed by atoms with Gasteiger partial charge in [0.1, 0.15) is 5.82 Å². The maximum absolute atomic E-state index is 13.2. The number of aliphatic hydroxyl groups is 1. The van der Waals surface area contributed by atoms with Crippen LogP contribution in [0.2, 0.25) is 5.02 Å². The Morgan fingerprint density at radius 1 is 1.24 bits per heavy atom. The van der Waals surface area contributed by atoms with Crippen molar-refractivity contribution in [1.82, 2.24) is 0 Å². The Hall–Kier alpha value is -0.600. The fourth-order valence-electron chi connectivity index (χ4n) is 2.62. The molecule has 0 heterocycles. The highest BCUT2D eigenvalue weighted by molar-refractivity contribution is 6.30. The molecule has 0 saturated heterocycles. The van der Waals surface area contributed by atoms with Crippen LogP contribution in [-0.4, -0.2) is 5.11 Å². The molecule has 0 spiro atoms. The van der Waals surface area contributed by atoms with Crippen molar-refractivity contribution in [1.29, 1.82) is 0 Å². The van der Waals surface area contributed by atoms with Gasteiger partial charge < -0.3 is 5.11 Å². The van der Waals surface area contributed by atoms with Gasteiger partial charge in [0.25, 0.3) is 0 Å². The predicted octanol–water partition coefficient (Wildman–Crippen LogP) is 4.34. The zero-order valence-corrected chi connectivity index (χ0v) is 10.8. The third-order valence-corrected chi connectivity index (χ3v) is 3.95. The van der Waals surface area contributed by atoms with E-state index in [4.69, 9.17) is 11.6 Å². The second-order valence-electron chi connectivity index (χ2n) is 5.17. The Kier molecular flexibility index (Phi) is 4.05. The van der Waals surface area contributed by atoms with Crippen LogP contribution in [0.5, 0.6) is 0 Å². The molecule has 1 fully saturated rings. The molecule has 0 bridgehead atoms. The van der Waals surface area contributed by atoms with Crippen LogP contribution >= 0.6 is 11.6 Å². The Morgan fingerprint density at radius 3 is 2.47 bits per heavy atom. The molecule has 1 aromatic rings. The minimum atomic E-state index is -0.587. The van der Waals surface area contributed by atoms with Crippen molar-refractivity contribution in [2.75, 3.05) is 0 Å². The van der Waals surface area contributed by atoms with E-state index in [9.17, 15) is 9.50 Å². The summed E-state index contributed by atoms with van der Waals surface area (Å²) < 4.78 is 13.2. The van der Waals surface area contributed by atoms with E-state index in [0.717, 1.165) is 31.6 Å². The van der Waals surface area contributed by atoms with Gasteiger partial charge in [-0.3, -0.25) is 0 Å². The smallest absolute Gasteiger partial charge is 0.125 e. The molecule has 0 aromatic heterocycles. The van der Waals surface area contributed by atoms with Crippen molar-refractivity contribution in [2.45, 2.75) is 38.7 Å². The van der Waals surface area contributed by atoms with Gasteiger partial charge in [-0.15, -0.1) is 0 Å². The molecule has 1 saturated carbocycles. The SMILES string of the molecule is CC1CCC(C(O)c2cc(F)cc(Cl)c2)CC1. The molecule has 0 radical (unpaired) electrons. The number of rotatable bonds is 2. The van der Waals surface area contributed by atoms with E-state index in [-0.39, 0.29) is 11.7 Å². The Labute approximate surface area is 107 Å². The van der Waals surface area contributed by atoms with E-state index in [2.05, 4.69) is 6.92 Å². The maximum atomic E-state index is 13.2. The van der Waals surface area contributed by atoms with Crippen LogP contribution < -0.4 is 0 Å². The summed E-state index contributed by atoms with van der Waals surface area (Å²) in [6.45, 7) is 2.24. The van der Waals surface area contributed by atoms with Crippen LogP contribution in [0.4, 0.5) is 4.39 Å². The minimum absolute atomic E-state index is 0.240. The summed E-state index contributed by atoms with van der Waals surface area (Å²) in [6.07, 6.45) is 3.72. The van der Waals surface area contributed by atoms with Crippen LogP contribution in [-0.2, 0) is 0 Å². The Bertz CT molecular complexity index is 366. The summed E-state index contributed by atoms with van der Waals surface area (Å²) in [7, 11) is 0. The fraction of sp³-hybridized carbons (Fsp3) is 0.571. The number of hydrogen-bond acceptors (Lipinski definition) is 1. The van der Waals surface area contributed by atoms with Crippen molar-refractivity contribution >= 4 is 11.6 Å². The first kappa shape index (κ1) is 12.8. The standard InChI is InChI=1S/C14H18ClFO/c1-9-2-4-10(5-3-9)14(17)11-6-12(15)8-13(16)7-11/h6-10,14,17H,2-5H2,1H3. The number of hydrogen-bond donors (Lipinski definition) is 1. The van der Waals surface area contributed by atoms with Crippen molar-refractivity contribution in [3.8, 4) is 0 Å². The third-order valence-electron chi connectivity index (χ3n) is 3.73. The molecule has 2 rings (SSSR count). The van der Waals surface area contributed by atoms with Gasteiger partial charge >= 0.3 is 0 Å². The van der Waals surface area contributed by atoms with Crippen molar-refractivity contribution in [3.63, 3.8) is 0 Å². The second kappa shape index (κ2) is 5.36. The van der Waals surface area contributed by atoms with Crippen molar-refractivity contribution < 1.29 is 9.50 Å². The van der Waals surface area contributed by atoms with E-state index in [0.29, 0.717) is 10.6 Å². The van der Waals surface area contributed by atoms with Crippen LogP contribution in [0.3, 0.4) is 0 Å². The first-order valence-corrected chi connectivity index (χ1v) is 6.58. The molecule has 1 N–H and O–H groups in total. The lowest BCUT2D eigenvalue weighted by Gasteiger charge is -2.30. The topological polar surface area (TPSA) is 20.2 Å². The summed E-state index contributed by atoms with van der Waals surface area (Å²) in [4.78, 5) is 0. The first-order valence-electron chi connectivity index (χ1n) is 6.20. The molecule has 1 nitrogen and oxygen atoms in total. The molecule has 1 atom stereocenters. The molecule has 1 aliphatic rings. The molecule has 94 valence electrons. The van der Waals surface area contributed by atoms with Gasteiger partial charge in [-0.1, -0.05) is 31.4 Å². The summed E-state index contributed by atoms with van der Waals surface area (Å²) in [5.41, 5.74) is 0.606. The lowest BCUT2D eigenvalue weighted by atomic mass is 9.78. The van der Waals surface area contributed by atoms with Crippen LogP contribution in [0.1, 0.15) is 44.3 Å². The van der Waals surface area contributed by atoms with Gasteiger partial charge in [0, 0.05) is 5.02 Å². The Balaban J connectivity index is 2.10. The highest BCUT2D eigenvalue weighted by Crippen LogP contribution is 2.37. The van der Waals surface area contributed by atoms with Gasteiger partial charge in [-0.25, -0.2) is 4.39 Å². The average Bonchev–Trinajstić information content (AvgIpc) is 2.28. The van der Waals surface area contributed by atoms with Crippen molar-refractivity contribution in [2.24, 2.45) is 11.8 Å². The number of halogens is 2. The first-order chi connectivity index (χ1) is 8.06. The molecule has 1 aliphatic carbocycles. The monoisotopic (exact) mass is 256 g/mol. The summed E-state index contributed by atoms with van der Waals surface area (Å²) in [5.74, 6) is 0.606. The molecule has 1 aromatic carbocycles. The van der Waals surface area contributed by atoms with E-state index in [1.54, 1.807) is 6.07 Å². The zero-order valence-electron chi connectivity index (χ0n) is 10.00. The average molecular weight is 257 g/mol. The quantitative estimate of drug-likeness (QED) is 0.835. The zero-order chi connectivity index (χ0) is 12.4. The lowest BCUT2D eigenvalue weighted by molar-refractivity contribution is 0.0753. The summed E-state index contributed by atoms with van der Waals surface area (Å²) >= 11 is 5.81. The minimum Gasteiger partial charge on any atom is -0.388 e. The molecule has 3 heteroatoms. The highest BCUT2D eigenvalue weighted by Gasteiger charge is 2.26. The van der Waals surface area contributed by atoms with Crippen LogP contribution in [0.25, 0.3) is 0 Å². The van der Waals surface area contributed by atoms with Crippen LogP contribution in [0.15, 0.2) is 18.2 Å². The fourth-order valence-corrected chi connectivity index (χ4v) is 2.85.